The number of carboxylic acids is 1. The van der Waals surface area contributed by atoms with Crippen LogP contribution >= 0.6 is 24.0 Å². The van der Waals surface area contributed by atoms with Crippen molar-refractivity contribution in [2.24, 2.45) is 0 Å². The fraction of sp³-hybridized carbons (Fsp3) is 0.150. The number of ether oxygens (including phenoxy) is 3. The number of para-hydroxylation sites is 1. The highest BCUT2D eigenvalue weighted by molar-refractivity contribution is 8.27. The number of amides is 1. The van der Waals surface area contributed by atoms with Crippen LogP contribution in [0.3, 0.4) is 0 Å². The second-order valence-corrected chi connectivity index (χ2v) is 7.76. The van der Waals surface area contributed by atoms with Gasteiger partial charge in [-0.15, -0.1) is 0 Å². The maximum Gasteiger partial charge on any atom is 0.306 e. The summed E-state index contributed by atoms with van der Waals surface area (Å²) in [6, 6.07) is 12.3. The van der Waals surface area contributed by atoms with E-state index in [9.17, 15) is 9.59 Å². The van der Waals surface area contributed by atoms with Gasteiger partial charge < -0.3 is 19.3 Å². The molecule has 0 aromatic heterocycles. The van der Waals surface area contributed by atoms with E-state index in [2.05, 4.69) is 0 Å². The summed E-state index contributed by atoms with van der Waals surface area (Å²) in [7, 11) is 0. The van der Waals surface area contributed by atoms with E-state index in [1.165, 1.54) is 16.7 Å². The number of aliphatic carboxylic acids is 1. The summed E-state index contributed by atoms with van der Waals surface area (Å²) in [4.78, 5) is 25.6. The van der Waals surface area contributed by atoms with Crippen LogP contribution in [0.4, 0.5) is 5.69 Å². The van der Waals surface area contributed by atoms with Crippen LogP contribution in [0.2, 0.25) is 0 Å². The Balaban J connectivity index is 1.58. The molecule has 2 aromatic rings. The van der Waals surface area contributed by atoms with E-state index in [1.807, 2.05) is 6.07 Å². The minimum absolute atomic E-state index is 0.0400. The number of thiocarbonyl (C=S) groups is 1. The van der Waals surface area contributed by atoms with Gasteiger partial charge >= 0.3 is 5.97 Å². The van der Waals surface area contributed by atoms with Gasteiger partial charge in [-0.2, -0.15) is 0 Å². The van der Waals surface area contributed by atoms with E-state index in [-0.39, 0.29) is 25.7 Å². The molecule has 1 saturated heterocycles. The molecule has 0 radical (unpaired) electrons. The molecule has 2 aromatic carbocycles. The first-order valence-corrected chi connectivity index (χ1v) is 9.86. The third-order valence-electron chi connectivity index (χ3n) is 4.19. The van der Waals surface area contributed by atoms with Gasteiger partial charge in [-0.3, -0.25) is 14.5 Å². The predicted molar refractivity (Wildman–Crippen MR) is 112 cm³/mol. The lowest BCUT2D eigenvalue weighted by Gasteiger charge is -2.14. The van der Waals surface area contributed by atoms with Crippen LogP contribution in [0.15, 0.2) is 47.4 Å². The minimum atomic E-state index is -0.938. The highest BCUT2D eigenvalue weighted by Crippen LogP contribution is 2.41. The van der Waals surface area contributed by atoms with Crippen molar-refractivity contribution in [2.75, 3.05) is 18.3 Å². The molecule has 0 atom stereocenters. The van der Waals surface area contributed by atoms with Gasteiger partial charge in [-0.25, -0.2) is 0 Å². The first-order chi connectivity index (χ1) is 14.0. The molecule has 7 nitrogen and oxygen atoms in total. The first kappa shape index (κ1) is 19.3. The third-order valence-corrected chi connectivity index (χ3v) is 5.49. The van der Waals surface area contributed by atoms with Gasteiger partial charge in [-0.1, -0.05) is 42.2 Å². The Morgan fingerprint density at radius 1 is 1.24 bits per heavy atom. The van der Waals surface area contributed by atoms with Crippen molar-refractivity contribution in [1.82, 2.24) is 0 Å². The van der Waals surface area contributed by atoms with Crippen molar-refractivity contribution in [3.63, 3.8) is 0 Å². The van der Waals surface area contributed by atoms with Gasteiger partial charge in [0.1, 0.15) is 5.75 Å². The molecule has 0 spiro atoms. The molecule has 29 heavy (non-hydrogen) atoms. The molecule has 2 heterocycles. The van der Waals surface area contributed by atoms with Gasteiger partial charge in [0.05, 0.1) is 23.6 Å². The fourth-order valence-corrected chi connectivity index (χ4v) is 4.13. The fourth-order valence-electron chi connectivity index (χ4n) is 2.84. The highest BCUT2D eigenvalue weighted by atomic mass is 32.2. The Morgan fingerprint density at radius 2 is 2.03 bits per heavy atom. The number of hydrogen-bond acceptors (Lipinski definition) is 7. The summed E-state index contributed by atoms with van der Waals surface area (Å²) < 4.78 is 16.6. The summed E-state index contributed by atoms with van der Waals surface area (Å²) in [5.74, 6) is 0.508. The predicted octanol–water partition coefficient (Wildman–Crippen LogP) is 3.67. The molecule has 0 bridgehead atoms. The number of rotatable bonds is 6. The molecule has 0 saturated carbocycles. The van der Waals surface area contributed by atoms with Crippen LogP contribution in [-0.4, -0.2) is 34.7 Å². The monoisotopic (exact) mass is 429 g/mol. The first-order valence-electron chi connectivity index (χ1n) is 8.64. The summed E-state index contributed by atoms with van der Waals surface area (Å²) in [5, 5.41) is 8.77. The Labute approximate surface area is 175 Å². The molecular weight excluding hydrogens is 414 g/mol. The standard InChI is InChI=1S/C20H15NO6S2/c22-18(23)7-8-25-14-4-2-1-3-12(14)9-17-19(24)21(20(28)29-17)13-5-6-15-16(10-13)27-11-26-15/h1-6,9-10H,7-8,11H2,(H,22,23)/b17-9+. The average molecular weight is 429 g/mol. The van der Waals surface area contributed by atoms with E-state index < -0.39 is 5.97 Å². The smallest absolute Gasteiger partial charge is 0.306 e. The lowest BCUT2D eigenvalue weighted by Crippen LogP contribution is -2.27. The molecular formula is C20H15NO6S2. The van der Waals surface area contributed by atoms with Crippen LogP contribution in [-0.2, 0) is 9.59 Å². The number of hydrogen-bond donors (Lipinski definition) is 1. The van der Waals surface area contributed by atoms with Crippen LogP contribution < -0.4 is 19.1 Å². The molecule has 1 fully saturated rings. The molecule has 1 N–H and O–H groups in total. The largest absolute Gasteiger partial charge is 0.492 e. The normalized spacial score (nSPS) is 16.6. The number of fused-ring (bicyclic) bond motifs is 1. The summed E-state index contributed by atoms with van der Waals surface area (Å²) in [6.45, 7) is 0.189. The van der Waals surface area contributed by atoms with Gasteiger partial charge in [-0.05, 0) is 24.3 Å². The Bertz CT molecular complexity index is 1040. The molecule has 1 amide bonds. The van der Waals surface area contributed by atoms with Gasteiger partial charge in [0.2, 0.25) is 6.79 Å². The number of carbonyl (C=O) groups excluding carboxylic acids is 1. The van der Waals surface area contributed by atoms with Crippen molar-refractivity contribution in [3.05, 3.63) is 52.9 Å². The average Bonchev–Trinajstić information content (AvgIpc) is 3.26. The Kier molecular flexibility index (Phi) is 5.41. The maximum atomic E-state index is 13.0. The molecule has 0 aliphatic carbocycles. The second-order valence-electron chi connectivity index (χ2n) is 6.08. The number of thioether (sulfide) groups is 1. The topological polar surface area (TPSA) is 85.3 Å². The summed E-state index contributed by atoms with van der Waals surface area (Å²) in [5.41, 5.74) is 1.27. The van der Waals surface area contributed by atoms with E-state index >= 15 is 0 Å². The number of nitrogens with zero attached hydrogens (tertiary/aromatic N) is 1. The van der Waals surface area contributed by atoms with E-state index in [0.29, 0.717) is 37.7 Å². The minimum Gasteiger partial charge on any atom is -0.492 e. The van der Waals surface area contributed by atoms with Crippen molar-refractivity contribution < 1.29 is 28.9 Å². The summed E-state index contributed by atoms with van der Waals surface area (Å²) >= 11 is 6.60. The Hall–Kier alpha value is -3.04. The quantitative estimate of drug-likeness (QED) is 0.550. The van der Waals surface area contributed by atoms with Crippen molar-refractivity contribution >= 4 is 51.9 Å². The van der Waals surface area contributed by atoms with E-state index in [0.717, 1.165) is 0 Å². The number of carboxylic acid groups (broad SMARTS) is 1. The molecule has 2 aliphatic heterocycles. The van der Waals surface area contributed by atoms with Crippen molar-refractivity contribution in [3.8, 4) is 17.2 Å². The number of anilines is 1. The number of benzene rings is 2. The van der Waals surface area contributed by atoms with Crippen LogP contribution in [0.1, 0.15) is 12.0 Å². The van der Waals surface area contributed by atoms with E-state index in [4.69, 9.17) is 31.5 Å². The lowest BCUT2D eigenvalue weighted by atomic mass is 10.2. The van der Waals surface area contributed by atoms with Crippen LogP contribution in [0.25, 0.3) is 6.08 Å². The van der Waals surface area contributed by atoms with Gasteiger partial charge in [0.25, 0.3) is 5.91 Å². The van der Waals surface area contributed by atoms with Crippen molar-refractivity contribution in [1.29, 1.82) is 0 Å². The summed E-state index contributed by atoms with van der Waals surface area (Å²) in [6.07, 6.45) is 1.59. The van der Waals surface area contributed by atoms with Gasteiger partial charge in [0, 0.05) is 11.6 Å². The maximum absolute atomic E-state index is 13.0. The van der Waals surface area contributed by atoms with E-state index in [1.54, 1.807) is 42.5 Å². The van der Waals surface area contributed by atoms with Gasteiger partial charge in [0.15, 0.2) is 15.8 Å². The molecule has 9 heteroatoms. The third kappa shape index (κ3) is 4.06. The number of carbonyl (C=O) groups is 2. The molecule has 2 aliphatic rings. The molecule has 148 valence electrons. The zero-order valence-corrected chi connectivity index (χ0v) is 16.6. The zero-order valence-electron chi connectivity index (χ0n) is 15.0. The zero-order chi connectivity index (χ0) is 20.4. The second kappa shape index (κ2) is 8.14. The highest BCUT2D eigenvalue weighted by Gasteiger charge is 2.34. The lowest BCUT2D eigenvalue weighted by molar-refractivity contribution is -0.137. The van der Waals surface area contributed by atoms with Crippen LogP contribution in [0.5, 0.6) is 17.2 Å². The molecule has 4 rings (SSSR count). The van der Waals surface area contributed by atoms with Crippen LogP contribution in [0, 0.1) is 0 Å². The van der Waals surface area contributed by atoms with Crippen molar-refractivity contribution in [2.45, 2.75) is 6.42 Å². The SMILES string of the molecule is O=C(O)CCOc1ccccc1/C=C1/SC(=S)N(c2ccc3c(c2)OCO3)C1=O. The molecule has 0 unspecified atom stereocenters. The Morgan fingerprint density at radius 3 is 2.86 bits per heavy atom.